The Bertz CT molecular complexity index is 410. The Morgan fingerprint density at radius 2 is 2.25 bits per heavy atom. The molecule has 0 fully saturated rings. The highest BCUT2D eigenvalue weighted by Gasteiger charge is 2.22. The van der Waals surface area contributed by atoms with E-state index < -0.39 is 12.4 Å². The Balaban J connectivity index is 3.41. The number of rotatable bonds is 3. The zero-order valence-corrected chi connectivity index (χ0v) is 9.52. The van der Waals surface area contributed by atoms with E-state index in [4.69, 9.17) is 11.6 Å². The van der Waals surface area contributed by atoms with Gasteiger partial charge < -0.3 is 4.74 Å². The van der Waals surface area contributed by atoms with Gasteiger partial charge in [-0.3, -0.25) is 0 Å². The summed E-state index contributed by atoms with van der Waals surface area (Å²) in [6, 6.07) is 1.22. The number of hydrogen-bond donors (Lipinski definition) is 0. The summed E-state index contributed by atoms with van der Waals surface area (Å²) in [4.78, 5) is 15.2. The molecule has 0 radical (unpaired) electrons. The number of halogens is 3. The summed E-state index contributed by atoms with van der Waals surface area (Å²) in [5, 5.41) is 0. The minimum atomic E-state index is -2.70. The molecule has 0 unspecified atom stereocenters. The first kappa shape index (κ1) is 12.8. The Hall–Kier alpha value is -1.23. The number of aromatic nitrogens is 1. The SMILES string of the molecule is COC(=O)c1nc(C)cc(C(F)F)c1CCl. The first-order valence-electron chi connectivity index (χ1n) is 4.44. The second-order valence-electron chi connectivity index (χ2n) is 3.11. The van der Waals surface area contributed by atoms with Crippen LogP contribution in [0.15, 0.2) is 6.07 Å². The number of pyridine rings is 1. The third kappa shape index (κ3) is 2.47. The maximum Gasteiger partial charge on any atom is 0.357 e. The van der Waals surface area contributed by atoms with Crippen LogP contribution >= 0.6 is 11.6 Å². The van der Waals surface area contributed by atoms with E-state index >= 15 is 0 Å². The van der Waals surface area contributed by atoms with Crippen molar-refractivity contribution in [3.8, 4) is 0 Å². The van der Waals surface area contributed by atoms with Gasteiger partial charge in [0.1, 0.15) is 0 Å². The summed E-state index contributed by atoms with van der Waals surface area (Å²) >= 11 is 5.55. The zero-order valence-electron chi connectivity index (χ0n) is 8.76. The molecule has 0 bridgehead atoms. The molecular weight excluding hydrogens is 240 g/mol. The van der Waals surface area contributed by atoms with E-state index in [-0.39, 0.29) is 22.7 Å². The van der Waals surface area contributed by atoms with E-state index in [9.17, 15) is 13.6 Å². The molecule has 6 heteroatoms. The highest BCUT2D eigenvalue weighted by atomic mass is 35.5. The summed E-state index contributed by atoms with van der Waals surface area (Å²) < 4.78 is 29.9. The third-order valence-corrected chi connectivity index (χ3v) is 2.30. The average molecular weight is 250 g/mol. The predicted molar refractivity (Wildman–Crippen MR) is 54.8 cm³/mol. The van der Waals surface area contributed by atoms with E-state index in [1.807, 2.05) is 0 Å². The third-order valence-electron chi connectivity index (χ3n) is 2.03. The molecule has 0 N–H and O–H groups in total. The molecule has 0 amide bonds. The fourth-order valence-corrected chi connectivity index (χ4v) is 1.61. The summed E-state index contributed by atoms with van der Waals surface area (Å²) in [5.41, 5.74) is -0.0746. The molecular formula is C10H10ClF2NO2. The summed E-state index contributed by atoms with van der Waals surface area (Å²) in [6.45, 7) is 1.52. The fourth-order valence-electron chi connectivity index (χ4n) is 1.33. The lowest BCUT2D eigenvalue weighted by molar-refractivity contribution is 0.0592. The molecule has 0 aliphatic heterocycles. The zero-order chi connectivity index (χ0) is 12.3. The second-order valence-corrected chi connectivity index (χ2v) is 3.37. The standard InChI is InChI=1S/C10H10ClF2NO2/c1-5-3-6(9(12)13)7(4-11)8(14-5)10(15)16-2/h3,9H,4H2,1-2H3. The molecule has 16 heavy (non-hydrogen) atoms. The van der Waals surface area contributed by atoms with Crippen molar-refractivity contribution in [1.82, 2.24) is 4.98 Å². The van der Waals surface area contributed by atoms with Crippen molar-refractivity contribution in [2.45, 2.75) is 19.2 Å². The maximum atomic E-state index is 12.7. The molecule has 88 valence electrons. The van der Waals surface area contributed by atoms with Gasteiger partial charge in [-0.1, -0.05) is 0 Å². The van der Waals surface area contributed by atoms with E-state index in [2.05, 4.69) is 9.72 Å². The van der Waals surface area contributed by atoms with Crippen molar-refractivity contribution in [2.24, 2.45) is 0 Å². The molecule has 0 aliphatic carbocycles. The van der Waals surface area contributed by atoms with Crippen LogP contribution in [0.5, 0.6) is 0 Å². The number of aryl methyl sites for hydroxylation is 1. The highest BCUT2D eigenvalue weighted by Crippen LogP contribution is 2.27. The van der Waals surface area contributed by atoms with Gasteiger partial charge in [-0.25, -0.2) is 18.6 Å². The number of ether oxygens (including phenoxy) is 1. The molecule has 0 saturated carbocycles. The van der Waals surface area contributed by atoms with Crippen molar-refractivity contribution < 1.29 is 18.3 Å². The first-order chi connectivity index (χ1) is 7.51. The largest absolute Gasteiger partial charge is 0.464 e. The van der Waals surface area contributed by atoms with Crippen molar-refractivity contribution >= 4 is 17.6 Å². The van der Waals surface area contributed by atoms with Gasteiger partial charge in [0.2, 0.25) is 0 Å². The van der Waals surface area contributed by atoms with Crippen LogP contribution in [0.25, 0.3) is 0 Å². The average Bonchev–Trinajstić information content (AvgIpc) is 2.26. The van der Waals surface area contributed by atoms with Crippen LogP contribution in [0.2, 0.25) is 0 Å². The van der Waals surface area contributed by atoms with Gasteiger partial charge in [0.05, 0.1) is 13.0 Å². The molecule has 0 saturated heterocycles. The van der Waals surface area contributed by atoms with Gasteiger partial charge >= 0.3 is 5.97 Å². The van der Waals surface area contributed by atoms with Crippen LogP contribution in [-0.4, -0.2) is 18.1 Å². The molecule has 0 aromatic carbocycles. The number of alkyl halides is 3. The lowest BCUT2D eigenvalue weighted by atomic mass is 10.1. The van der Waals surface area contributed by atoms with Crippen LogP contribution in [0.3, 0.4) is 0 Å². The van der Waals surface area contributed by atoms with Crippen LogP contribution < -0.4 is 0 Å². The number of esters is 1. The number of hydrogen-bond acceptors (Lipinski definition) is 3. The number of carbonyl (C=O) groups excluding carboxylic acids is 1. The Labute approximate surface area is 96.4 Å². The molecule has 1 aromatic rings. The molecule has 0 spiro atoms. The van der Waals surface area contributed by atoms with Crippen LogP contribution in [-0.2, 0) is 10.6 Å². The summed E-state index contributed by atoms with van der Waals surface area (Å²) in [6.07, 6.45) is -2.70. The van der Waals surface area contributed by atoms with Gasteiger partial charge in [-0.2, -0.15) is 0 Å². The van der Waals surface area contributed by atoms with Gasteiger partial charge in [0, 0.05) is 16.8 Å². The Morgan fingerprint density at radius 1 is 1.62 bits per heavy atom. The number of nitrogens with zero attached hydrogens (tertiary/aromatic N) is 1. The van der Waals surface area contributed by atoms with Gasteiger partial charge in [0.25, 0.3) is 6.43 Å². The molecule has 1 aromatic heterocycles. The van der Waals surface area contributed by atoms with E-state index in [0.29, 0.717) is 5.69 Å². The predicted octanol–water partition coefficient (Wildman–Crippen LogP) is 2.85. The Morgan fingerprint density at radius 3 is 2.69 bits per heavy atom. The van der Waals surface area contributed by atoms with Gasteiger partial charge in [0.15, 0.2) is 5.69 Å². The normalized spacial score (nSPS) is 10.6. The summed E-state index contributed by atoms with van der Waals surface area (Å²) in [5.74, 6) is -0.974. The van der Waals surface area contributed by atoms with E-state index in [1.54, 1.807) is 0 Å². The van der Waals surface area contributed by atoms with Crippen LogP contribution in [0.1, 0.15) is 33.7 Å². The molecule has 1 heterocycles. The van der Waals surface area contributed by atoms with Gasteiger partial charge in [-0.15, -0.1) is 11.6 Å². The minimum absolute atomic E-state index is 0.0223. The van der Waals surface area contributed by atoms with Crippen molar-refractivity contribution in [1.29, 1.82) is 0 Å². The van der Waals surface area contributed by atoms with E-state index in [0.717, 1.165) is 7.11 Å². The Kier molecular flexibility index (Phi) is 4.18. The lowest BCUT2D eigenvalue weighted by Gasteiger charge is -2.11. The number of methoxy groups -OCH3 is 1. The number of carbonyl (C=O) groups is 1. The maximum absolute atomic E-state index is 12.7. The second kappa shape index (κ2) is 5.21. The summed E-state index contributed by atoms with van der Waals surface area (Å²) in [7, 11) is 1.16. The topological polar surface area (TPSA) is 39.2 Å². The molecule has 1 rings (SSSR count). The smallest absolute Gasteiger partial charge is 0.357 e. The monoisotopic (exact) mass is 249 g/mol. The van der Waals surface area contributed by atoms with Crippen LogP contribution in [0, 0.1) is 6.92 Å². The molecule has 0 aliphatic rings. The molecule has 3 nitrogen and oxygen atoms in total. The van der Waals surface area contributed by atoms with Gasteiger partial charge in [-0.05, 0) is 13.0 Å². The van der Waals surface area contributed by atoms with E-state index in [1.165, 1.54) is 13.0 Å². The minimum Gasteiger partial charge on any atom is -0.464 e. The lowest BCUT2D eigenvalue weighted by Crippen LogP contribution is -2.11. The quantitative estimate of drug-likeness (QED) is 0.611. The van der Waals surface area contributed by atoms with Crippen molar-refractivity contribution in [3.63, 3.8) is 0 Å². The first-order valence-corrected chi connectivity index (χ1v) is 4.97. The van der Waals surface area contributed by atoms with Crippen LogP contribution in [0.4, 0.5) is 8.78 Å². The highest BCUT2D eigenvalue weighted by molar-refractivity contribution is 6.17. The van der Waals surface area contributed by atoms with Crippen molar-refractivity contribution in [2.75, 3.05) is 7.11 Å². The fraction of sp³-hybridized carbons (Fsp3) is 0.400. The van der Waals surface area contributed by atoms with Crippen molar-refractivity contribution in [3.05, 3.63) is 28.6 Å². The molecule has 0 atom stereocenters.